The van der Waals surface area contributed by atoms with E-state index in [1.165, 1.54) is 0 Å². The Kier molecular flexibility index (Phi) is 3.95. The van der Waals surface area contributed by atoms with E-state index in [9.17, 15) is 0 Å². The molecule has 0 saturated carbocycles. The van der Waals surface area contributed by atoms with Crippen molar-refractivity contribution in [3.63, 3.8) is 0 Å². The molecule has 2 aromatic heterocycles. The van der Waals surface area contributed by atoms with Crippen molar-refractivity contribution in [2.24, 2.45) is 0 Å². The number of hydrogen-bond acceptors (Lipinski definition) is 4. The van der Waals surface area contributed by atoms with Crippen LogP contribution in [0.2, 0.25) is 0 Å². The van der Waals surface area contributed by atoms with E-state index in [4.69, 9.17) is 17.0 Å². The van der Waals surface area contributed by atoms with Gasteiger partial charge in [0.1, 0.15) is 16.2 Å². The van der Waals surface area contributed by atoms with Crippen LogP contribution >= 0.6 is 12.2 Å². The van der Waals surface area contributed by atoms with Gasteiger partial charge < -0.3 is 9.72 Å². The van der Waals surface area contributed by atoms with Gasteiger partial charge in [-0.1, -0.05) is 12.2 Å². The highest BCUT2D eigenvalue weighted by Gasteiger charge is 2.08. The molecule has 19 heavy (non-hydrogen) atoms. The van der Waals surface area contributed by atoms with Crippen LogP contribution in [0.15, 0.2) is 18.5 Å². The quantitative estimate of drug-likeness (QED) is 0.869. The van der Waals surface area contributed by atoms with Crippen LogP contribution in [-0.4, -0.2) is 21.1 Å². The lowest BCUT2D eigenvalue weighted by Gasteiger charge is -2.12. The molecule has 0 aromatic carbocycles. The van der Waals surface area contributed by atoms with E-state index in [1.54, 1.807) is 12.4 Å². The number of hydrogen-bond donors (Lipinski definition) is 1. The monoisotopic (exact) mass is 275 g/mol. The largest absolute Gasteiger partial charge is 0.489 e. The Hall–Kier alpha value is -1.75. The van der Waals surface area contributed by atoms with Crippen LogP contribution in [0.4, 0.5) is 0 Å². The van der Waals surface area contributed by atoms with Crippen molar-refractivity contribution in [3.8, 4) is 17.0 Å². The number of nitrogens with one attached hydrogen (secondary N) is 1. The molecule has 0 unspecified atom stereocenters. The Morgan fingerprint density at radius 3 is 2.68 bits per heavy atom. The molecule has 0 amide bonds. The molecule has 2 aromatic rings. The van der Waals surface area contributed by atoms with E-state index in [-0.39, 0.29) is 6.10 Å². The molecule has 2 rings (SSSR count). The Bertz CT molecular complexity index is 649. The normalized spacial score (nSPS) is 10.8. The van der Waals surface area contributed by atoms with Gasteiger partial charge in [0, 0.05) is 17.3 Å². The molecule has 0 saturated heterocycles. The lowest BCUT2D eigenvalue weighted by Crippen LogP contribution is -2.06. The highest BCUT2D eigenvalue weighted by Crippen LogP contribution is 2.24. The van der Waals surface area contributed by atoms with Crippen molar-refractivity contribution in [2.75, 3.05) is 0 Å². The van der Waals surface area contributed by atoms with Gasteiger partial charge in [0.25, 0.3) is 0 Å². The van der Waals surface area contributed by atoms with Crippen LogP contribution < -0.4 is 4.74 Å². The van der Waals surface area contributed by atoms with Crippen molar-refractivity contribution < 1.29 is 4.74 Å². The van der Waals surface area contributed by atoms with Crippen molar-refractivity contribution in [1.82, 2.24) is 15.0 Å². The molecule has 4 nitrogen and oxygen atoms in total. The average Bonchev–Trinajstić information content (AvgIpc) is 2.33. The number of nitrogens with zero attached hydrogens (tertiary/aromatic N) is 2. The lowest BCUT2D eigenvalue weighted by molar-refractivity contribution is 0.241. The number of aryl methyl sites for hydroxylation is 1. The van der Waals surface area contributed by atoms with Crippen LogP contribution in [0.3, 0.4) is 0 Å². The first kappa shape index (κ1) is 13.7. The molecule has 0 atom stereocenters. The molecule has 1 N–H and O–H groups in total. The fourth-order valence-electron chi connectivity index (χ4n) is 1.83. The van der Waals surface area contributed by atoms with Gasteiger partial charge in [-0.2, -0.15) is 0 Å². The smallest absolute Gasteiger partial charge is 0.138 e. The lowest BCUT2D eigenvalue weighted by atomic mass is 10.1. The maximum absolute atomic E-state index is 5.66. The van der Waals surface area contributed by atoms with Crippen LogP contribution in [0.1, 0.15) is 25.2 Å². The summed E-state index contributed by atoms with van der Waals surface area (Å²) in [6.07, 6.45) is 3.62. The average molecular weight is 275 g/mol. The third kappa shape index (κ3) is 3.17. The van der Waals surface area contributed by atoms with Crippen molar-refractivity contribution in [3.05, 3.63) is 34.5 Å². The Balaban J connectivity index is 2.50. The first-order valence-electron chi connectivity index (χ1n) is 6.17. The first-order valence-corrected chi connectivity index (χ1v) is 6.58. The summed E-state index contributed by atoms with van der Waals surface area (Å²) in [5, 5.41) is 0. The summed E-state index contributed by atoms with van der Waals surface area (Å²) in [4.78, 5) is 11.7. The fourth-order valence-corrected chi connectivity index (χ4v) is 2.07. The Morgan fingerprint density at radius 2 is 2.00 bits per heavy atom. The number of aromatic nitrogens is 3. The van der Waals surface area contributed by atoms with Gasteiger partial charge in [-0.15, -0.1) is 0 Å². The first-order chi connectivity index (χ1) is 8.97. The summed E-state index contributed by atoms with van der Waals surface area (Å²) >= 11 is 5.25. The van der Waals surface area contributed by atoms with Gasteiger partial charge in [-0.25, -0.2) is 4.98 Å². The van der Waals surface area contributed by atoms with Gasteiger partial charge in [-0.3, -0.25) is 4.98 Å². The van der Waals surface area contributed by atoms with Crippen LogP contribution in [0.5, 0.6) is 5.75 Å². The second-order valence-electron chi connectivity index (χ2n) is 4.70. The number of ether oxygens (including phenoxy) is 1. The highest BCUT2D eigenvalue weighted by molar-refractivity contribution is 7.71. The van der Waals surface area contributed by atoms with Crippen LogP contribution in [-0.2, 0) is 0 Å². The van der Waals surface area contributed by atoms with Gasteiger partial charge in [0.05, 0.1) is 18.0 Å². The van der Waals surface area contributed by atoms with E-state index >= 15 is 0 Å². The second-order valence-corrected chi connectivity index (χ2v) is 5.09. The number of aromatic amines is 1. The Labute approximate surface area is 117 Å². The van der Waals surface area contributed by atoms with Crippen molar-refractivity contribution in [1.29, 1.82) is 0 Å². The minimum absolute atomic E-state index is 0.121. The minimum Gasteiger partial charge on any atom is -0.489 e. The van der Waals surface area contributed by atoms with Crippen molar-refractivity contribution in [2.45, 2.75) is 33.8 Å². The van der Waals surface area contributed by atoms with E-state index in [0.29, 0.717) is 4.64 Å². The molecule has 5 heteroatoms. The molecule has 0 aliphatic heterocycles. The number of pyridine rings is 1. The molecule has 0 aliphatic carbocycles. The minimum atomic E-state index is 0.121. The zero-order valence-electron chi connectivity index (χ0n) is 11.5. The van der Waals surface area contributed by atoms with Crippen molar-refractivity contribution >= 4 is 12.2 Å². The molecule has 0 aliphatic rings. The molecule has 2 heterocycles. The summed E-state index contributed by atoms with van der Waals surface area (Å²) in [6.45, 7) is 7.82. The Morgan fingerprint density at radius 1 is 1.26 bits per heavy atom. The zero-order valence-corrected chi connectivity index (χ0v) is 12.3. The summed E-state index contributed by atoms with van der Waals surface area (Å²) in [5.41, 5.74) is 2.84. The van der Waals surface area contributed by atoms with E-state index < -0.39 is 0 Å². The summed E-state index contributed by atoms with van der Waals surface area (Å²) in [5.74, 6) is 1.54. The molecular weight excluding hydrogens is 258 g/mol. The van der Waals surface area contributed by atoms with Gasteiger partial charge in [-0.05, 0) is 33.8 Å². The molecular formula is C14H17N3OS. The number of rotatable bonds is 3. The molecule has 0 bridgehead atoms. The highest BCUT2D eigenvalue weighted by atomic mass is 32.1. The van der Waals surface area contributed by atoms with Gasteiger partial charge >= 0.3 is 0 Å². The predicted molar refractivity (Wildman–Crippen MR) is 77.9 cm³/mol. The summed E-state index contributed by atoms with van der Waals surface area (Å²) in [7, 11) is 0. The number of H-pyrrole nitrogens is 1. The molecule has 0 spiro atoms. The predicted octanol–water partition coefficient (Wildman–Crippen LogP) is 3.61. The molecule has 0 fully saturated rings. The van der Waals surface area contributed by atoms with E-state index in [1.807, 2.05) is 33.8 Å². The molecule has 100 valence electrons. The molecule has 0 radical (unpaired) electrons. The third-order valence-corrected chi connectivity index (χ3v) is 3.04. The SMILES string of the molecule is Cc1nc(=S)c(C)c(-c2cncc(OC(C)C)c2)[nH]1. The standard InChI is InChI=1S/C14H17N3OS/c1-8(2)18-12-5-11(6-15-7-12)13-9(3)14(19)17-10(4)16-13/h5-8H,1-4H3,(H,16,17,19). The maximum atomic E-state index is 5.66. The van der Waals surface area contributed by atoms with Crippen LogP contribution in [0.25, 0.3) is 11.3 Å². The summed E-state index contributed by atoms with van der Waals surface area (Å²) in [6, 6.07) is 1.96. The maximum Gasteiger partial charge on any atom is 0.138 e. The summed E-state index contributed by atoms with van der Waals surface area (Å²) < 4.78 is 6.27. The van der Waals surface area contributed by atoms with E-state index in [2.05, 4.69) is 15.0 Å². The fraction of sp³-hybridized carbons (Fsp3) is 0.357. The van der Waals surface area contributed by atoms with Crippen LogP contribution in [0, 0.1) is 18.5 Å². The van der Waals surface area contributed by atoms with Gasteiger partial charge in [0.15, 0.2) is 0 Å². The third-order valence-electron chi connectivity index (χ3n) is 2.64. The zero-order chi connectivity index (χ0) is 14.0. The topological polar surface area (TPSA) is 50.8 Å². The second kappa shape index (κ2) is 5.48. The van der Waals surface area contributed by atoms with Gasteiger partial charge in [0.2, 0.25) is 0 Å². The van der Waals surface area contributed by atoms with E-state index in [0.717, 1.165) is 28.4 Å².